The van der Waals surface area contributed by atoms with Gasteiger partial charge in [0.2, 0.25) is 5.71 Å². The summed E-state index contributed by atoms with van der Waals surface area (Å²) in [5.74, 6) is -1.18. The number of imide groups is 1. The summed E-state index contributed by atoms with van der Waals surface area (Å²) < 4.78 is 6.84. The van der Waals surface area contributed by atoms with Crippen LogP contribution in [0.5, 0.6) is 5.75 Å². The number of ether oxygens (including phenoxy) is 1. The Morgan fingerprint density at radius 2 is 1.70 bits per heavy atom. The van der Waals surface area contributed by atoms with Crippen molar-refractivity contribution in [2.45, 2.75) is 34.6 Å². The number of urea groups is 1. The molecule has 1 aliphatic rings. The van der Waals surface area contributed by atoms with E-state index < -0.39 is 24.5 Å². The van der Waals surface area contributed by atoms with Crippen molar-refractivity contribution in [2.24, 2.45) is 10.7 Å². The van der Waals surface area contributed by atoms with Crippen molar-refractivity contribution >= 4 is 40.8 Å². The number of benzene rings is 2. The van der Waals surface area contributed by atoms with Crippen LogP contribution in [0.4, 0.5) is 16.2 Å². The standard InChI is InChI=1S/C24H27N5O4/c1-12-8-7-9-17(14(12)3)29-22(26)21(23(31)28(6)24(29)32)27-19(30)11-33-18-10-13(2)20(25)16(5)15(18)4/h7-10,26H,11,25H2,1-6H3/p+1. The number of rotatable bonds is 4. The number of aryl methyl sites for hydroxylation is 2. The topological polar surface area (TPSA) is 131 Å². The molecule has 2 aromatic carbocycles. The molecule has 9 heteroatoms. The van der Waals surface area contributed by atoms with Crippen LogP contribution < -0.4 is 16.2 Å². The van der Waals surface area contributed by atoms with Gasteiger partial charge in [0.05, 0.1) is 7.05 Å². The van der Waals surface area contributed by atoms with Crippen LogP contribution in [0.25, 0.3) is 0 Å². The van der Waals surface area contributed by atoms with Crippen molar-refractivity contribution in [1.29, 1.82) is 0 Å². The van der Waals surface area contributed by atoms with E-state index in [1.807, 2.05) is 40.7 Å². The maximum Gasteiger partial charge on any atom is 0.451 e. The van der Waals surface area contributed by atoms with Crippen LogP contribution in [0.15, 0.2) is 29.3 Å². The molecule has 172 valence electrons. The fourth-order valence-electron chi connectivity index (χ4n) is 3.54. The Balaban J connectivity index is 1.97. The van der Waals surface area contributed by atoms with E-state index in [1.165, 1.54) is 11.6 Å². The molecule has 0 bridgehead atoms. The average molecular weight is 451 g/mol. The smallest absolute Gasteiger partial charge is 0.451 e. The minimum atomic E-state index is -0.761. The molecule has 0 saturated carbocycles. The van der Waals surface area contributed by atoms with Gasteiger partial charge in [0.1, 0.15) is 11.4 Å². The first-order chi connectivity index (χ1) is 15.5. The summed E-state index contributed by atoms with van der Waals surface area (Å²) >= 11 is 0. The van der Waals surface area contributed by atoms with Crippen molar-refractivity contribution in [3.8, 4) is 5.75 Å². The summed E-state index contributed by atoms with van der Waals surface area (Å²) in [6.45, 7) is 8.90. The first kappa shape index (κ1) is 23.6. The number of nitrogens with two attached hydrogens (primary N) is 2. The van der Waals surface area contributed by atoms with Crippen molar-refractivity contribution in [2.75, 3.05) is 19.4 Å². The molecular formula is C24H28N5O4+. The quantitative estimate of drug-likeness (QED) is 0.543. The third-order valence-corrected chi connectivity index (χ3v) is 5.98. The van der Waals surface area contributed by atoms with Gasteiger partial charge >= 0.3 is 11.9 Å². The highest BCUT2D eigenvalue weighted by Crippen LogP contribution is 2.29. The molecule has 33 heavy (non-hydrogen) atoms. The summed E-state index contributed by atoms with van der Waals surface area (Å²) in [5, 5.41) is 0. The molecule has 0 radical (unpaired) electrons. The molecule has 0 aromatic heterocycles. The zero-order chi connectivity index (χ0) is 24.6. The summed E-state index contributed by atoms with van der Waals surface area (Å²) in [4.78, 5) is 42.9. The summed E-state index contributed by atoms with van der Waals surface area (Å²) in [6, 6.07) is 6.52. The number of hydrogen-bond donors (Lipinski definition) is 2. The Kier molecular flexibility index (Phi) is 6.34. The van der Waals surface area contributed by atoms with Crippen LogP contribution in [-0.4, -0.2) is 52.5 Å². The molecular weight excluding hydrogens is 422 g/mol. The van der Waals surface area contributed by atoms with Crippen molar-refractivity contribution in [1.82, 2.24) is 4.90 Å². The fraction of sp³-hybridized carbons (Fsp3) is 0.292. The molecule has 0 saturated heterocycles. The Morgan fingerprint density at radius 1 is 1.03 bits per heavy atom. The maximum atomic E-state index is 12.8. The van der Waals surface area contributed by atoms with Crippen molar-refractivity contribution in [3.63, 3.8) is 0 Å². The van der Waals surface area contributed by atoms with Crippen LogP contribution in [0.1, 0.15) is 27.8 Å². The molecule has 0 unspecified atom stereocenters. The number of carbonyl (C=O) groups excluding carboxylic acids is 3. The van der Waals surface area contributed by atoms with E-state index in [1.54, 1.807) is 18.2 Å². The average Bonchev–Trinajstić information content (AvgIpc) is 2.78. The second kappa shape index (κ2) is 8.85. The minimum Gasteiger partial charge on any atom is -0.483 e. The molecule has 0 fully saturated rings. The Labute approximate surface area is 192 Å². The number of nitrogen functional groups attached to an aromatic ring is 1. The van der Waals surface area contributed by atoms with E-state index in [9.17, 15) is 14.4 Å². The number of hydrogen-bond acceptors (Lipinski definition) is 6. The number of aliphatic imine (C=N–C) groups is 1. The lowest BCUT2D eigenvalue weighted by Gasteiger charge is -2.21. The van der Waals surface area contributed by atoms with Gasteiger partial charge in [-0.3, -0.25) is 4.79 Å². The summed E-state index contributed by atoms with van der Waals surface area (Å²) in [7, 11) is 1.31. The molecule has 1 aliphatic heterocycles. The Morgan fingerprint density at radius 3 is 2.36 bits per heavy atom. The predicted octanol–water partition coefficient (Wildman–Crippen LogP) is 2.45. The first-order valence-corrected chi connectivity index (χ1v) is 10.4. The molecule has 4 N–H and O–H groups in total. The molecule has 0 spiro atoms. The van der Waals surface area contributed by atoms with E-state index in [2.05, 4.69) is 4.99 Å². The molecule has 2 aromatic rings. The van der Waals surface area contributed by atoms with Crippen LogP contribution >= 0.6 is 0 Å². The zero-order valence-corrected chi connectivity index (χ0v) is 19.6. The maximum absolute atomic E-state index is 12.8. The van der Waals surface area contributed by atoms with E-state index in [0.717, 1.165) is 32.7 Å². The van der Waals surface area contributed by atoms with Gasteiger partial charge in [0.25, 0.3) is 11.7 Å². The van der Waals surface area contributed by atoms with Crippen molar-refractivity contribution < 1.29 is 23.7 Å². The number of carbonyl (C=O) groups is 3. The zero-order valence-electron chi connectivity index (χ0n) is 19.6. The van der Waals surface area contributed by atoms with E-state index in [-0.39, 0.29) is 11.5 Å². The van der Waals surface area contributed by atoms with Gasteiger partial charge in [-0.05, 0) is 74.6 Å². The van der Waals surface area contributed by atoms with E-state index in [0.29, 0.717) is 17.1 Å². The van der Waals surface area contributed by atoms with Crippen LogP contribution in [0, 0.1) is 34.6 Å². The number of amides is 4. The minimum absolute atomic E-state index is 0.208. The lowest BCUT2D eigenvalue weighted by molar-refractivity contribution is -0.343. The van der Waals surface area contributed by atoms with Crippen LogP contribution in [0.3, 0.4) is 0 Å². The van der Waals surface area contributed by atoms with Crippen LogP contribution in [0.2, 0.25) is 0 Å². The largest absolute Gasteiger partial charge is 0.483 e. The molecule has 0 aliphatic carbocycles. The number of amidine groups is 1. The normalized spacial score (nSPS) is 15.5. The summed E-state index contributed by atoms with van der Waals surface area (Å²) in [6.07, 6.45) is 0. The summed E-state index contributed by atoms with van der Waals surface area (Å²) in [5.41, 5.74) is 17.4. The fourth-order valence-corrected chi connectivity index (χ4v) is 3.54. The van der Waals surface area contributed by atoms with Gasteiger partial charge in [0, 0.05) is 5.69 Å². The van der Waals surface area contributed by atoms with Crippen LogP contribution in [-0.2, 0) is 9.59 Å². The monoisotopic (exact) mass is 450 g/mol. The van der Waals surface area contributed by atoms with Gasteiger partial charge in [-0.25, -0.2) is 9.59 Å². The third kappa shape index (κ3) is 4.21. The highest BCUT2D eigenvalue weighted by Gasteiger charge is 2.42. The van der Waals surface area contributed by atoms with E-state index >= 15 is 0 Å². The van der Waals surface area contributed by atoms with Gasteiger partial charge in [0.15, 0.2) is 6.61 Å². The van der Waals surface area contributed by atoms with Gasteiger partial charge in [-0.1, -0.05) is 12.1 Å². The number of nitrogens with zero attached hydrogens (tertiary/aromatic N) is 3. The van der Waals surface area contributed by atoms with Gasteiger partial charge < -0.3 is 16.2 Å². The first-order valence-electron chi connectivity index (χ1n) is 10.4. The second-order valence-corrected chi connectivity index (χ2v) is 8.08. The molecule has 9 nitrogen and oxygen atoms in total. The van der Waals surface area contributed by atoms with Gasteiger partial charge in [-0.15, -0.1) is 0 Å². The highest BCUT2D eigenvalue weighted by molar-refractivity contribution is 6.68. The second-order valence-electron chi connectivity index (χ2n) is 8.08. The molecule has 1 heterocycles. The molecule has 4 amide bonds. The number of anilines is 1. The Bertz CT molecular complexity index is 1260. The van der Waals surface area contributed by atoms with Gasteiger partial charge in [-0.2, -0.15) is 14.5 Å². The third-order valence-electron chi connectivity index (χ3n) is 5.98. The SMILES string of the molecule is Cc1cccc([N+]2=C(N)C(=NC(=O)COc3cc(C)c(N)c(C)c3C)C(=O)N(C)C2=O)c1C. The lowest BCUT2D eigenvalue weighted by atomic mass is 10.0. The van der Waals surface area contributed by atoms with Crippen molar-refractivity contribution in [3.05, 3.63) is 52.1 Å². The highest BCUT2D eigenvalue weighted by atomic mass is 16.5. The predicted molar refractivity (Wildman–Crippen MR) is 126 cm³/mol. The van der Waals surface area contributed by atoms with E-state index in [4.69, 9.17) is 16.2 Å². The molecule has 3 rings (SSSR count). The Hall–Kier alpha value is -4.01. The lowest BCUT2D eigenvalue weighted by Crippen LogP contribution is -2.55. The molecule has 0 atom stereocenters.